The maximum absolute atomic E-state index is 10.7. The number of aryl methyl sites for hydroxylation is 1. The van der Waals surface area contributed by atoms with Gasteiger partial charge in [-0.25, -0.2) is 4.98 Å². The van der Waals surface area contributed by atoms with E-state index in [1.54, 1.807) is 18.3 Å². The van der Waals surface area contributed by atoms with Gasteiger partial charge < -0.3 is 10.4 Å². The van der Waals surface area contributed by atoms with Gasteiger partial charge in [-0.05, 0) is 13.8 Å². The van der Waals surface area contributed by atoms with Gasteiger partial charge in [0.25, 0.3) is 0 Å². The normalized spacial score (nSPS) is 14.7. The molecule has 4 nitrogen and oxygen atoms in total. The van der Waals surface area contributed by atoms with E-state index in [9.17, 15) is 4.79 Å². The van der Waals surface area contributed by atoms with E-state index in [0.717, 1.165) is 23.7 Å². The summed E-state index contributed by atoms with van der Waals surface area (Å²) >= 11 is 1.64. The van der Waals surface area contributed by atoms with Crippen molar-refractivity contribution in [3.05, 3.63) is 16.1 Å². The molecular weight excluding hydrogens is 224 g/mol. The Kier molecular flexibility index (Phi) is 4.89. The topological polar surface area (TPSA) is 62.2 Å². The van der Waals surface area contributed by atoms with E-state index in [1.165, 1.54) is 0 Å². The van der Waals surface area contributed by atoms with E-state index >= 15 is 0 Å². The van der Waals surface area contributed by atoms with Crippen LogP contribution in [0.25, 0.3) is 0 Å². The molecule has 2 N–H and O–H groups in total. The number of nitrogens with one attached hydrogen (secondary N) is 1. The number of thiazole rings is 1. The average molecular weight is 242 g/mol. The second-order valence-corrected chi connectivity index (χ2v) is 5.04. The highest BCUT2D eigenvalue weighted by Crippen LogP contribution is 2.08. The van der Waals surface area contributed by atoms with Gasteiger partial charge in [-0.15, -0.1) is 11.3 Å². The van der Waals surface area contributed by atoms with E-state index in [-0.39, 0.29) is 12.0 Å². The first-order valence-corrected chi connectivity index (χ1v) is 6.26. The summed E-state index contributed by atoms with van der Waals surface area (Å²) in [6.07, 6.45) is 0.848. The van der Waals surface area contributed by atoms with Crippen LogP contribution >= 0.6 is 11.3 Å². The van der Waals surface area contributed by atoms with Crippen LogP contribution in [0.3, 0.4) is 0 Å². The number of aliphatic carboxylic acids is 1. The third kappa shape index (κ3) is 3.90. The Labute approximate surface area is 99.7 Å². The summed E-state index contributed by atoms with van der Waals surface area (Å²) in [5, 5.41) is 15.1. The van der Waals surface area contributed by atoms with Crippen LogP contribution in [0.4, 0.5) is 0 Å². The Morgan fingerprint density at radius 2 is 2.31 bits per heavy atom. The van der Waals surface area contributed by atoms with Gasteiger partial charge in [-0.3, -0.25) is 4.79 Å². The number of rotatable bonds is 6. The highest BCUT2D eigenvalue weighted by molar-refractivity contribution is 7.09. The summed E-state index contributed by atoms with van der Waals surface area (Å²) in [5.74, 6) is -1.12. The summed E-state index contributed by atoms with van der Waals surface area (Å²) in [6.45, 7) is 6.36. The number of hydrogen-bond donors (Lipinski definition) is 2. The summed E-state index contributed by atoms with van der Waals surface area (Å²) < 4.78 is 0. The molecule has 0 radical (unpaired) electrons. The van der Waals surface area contributed by atoms with Crippen molar-refractivity contribution in [2.75, 3.05) is 6.54 Å². The van der Waals surface area contributed by atoms with Crippen molar-refractivity contribution >= 4 is 17.3 Å². The molecule has 0 saturated heterocycles. The first-order chi connectivity index (χ1) is 7.50. The molecule has 0 aliphatic rings. The van der Waals surface area contributed by atoms with Crippen LogP contribution in [0.1, 0.15) is 24.5 Å². The lowest BCUT2D eigenvalue weighted by Crippen LogP contribution is -2.37. The standard InChI is InChI=1S/C11H18N2O2S/c1-7(11(14)15)8(2)12-5-4-10-6-16-9(3)13-10/h6-8,12H,4-5H2,1-3H3,(H,14,15). The molecule has 1 heterocycles. The molecular formula is C11H18N2O2S. The molecule has 5 heteroatoms. The van der Waals surface area contributed by atoms with Crippen molar-refractivity contribution in [2.24, 2.45) is 5.92 Å². The first-order valence-electron chi connectivity index (χ1n) is 5.38. The summed E-state index contributed by atoms with van der Waals surface area (Å²) in [5.41, 5.74) is 1.07. The fourth-order valence-electron chi connectivity index (χ4n) is 1.34. The molecule has 0 fully saturated rings. The largest absolute Gasteiger partial charge is 0.481 e. The number of carboxylic acids is 1. The Hall–Kier alpha value is -0.940. The van der Waals surface area contributed by atoms with E-state index in [2.05, 4.69) is 10.3 Å². The molecule has 2 unspecified atom stereocenters. The van der Waals surface area contributed by atoms with Crippen LogP contribution in [-0.2, 0) is 11.2 Å². The molecule has 0 bridgehead atoms. The third-order valence-electron chi connectivity index (χ3n) is 2.65. The minimum Gasteiger partial charge on any atom is -0.481 e. The van der Waals surface area contributed by atoms with Gasteiger partial charge in [-0.1, -0.05) is 6.92 Å². The Morgan fingerprint density at radius 1 is 1.62 bits per heavy atom. The van der Waals surface area contributed by atoms with Crippen molar-refractivity contribution < 1.29 is 9.90 Å². The molecule has 90 valence electrons. The van der Waals surface area contributed by atoms with Crippen molar-refractivity contribution in [1.29, 1.82) is 0 Å². The number of aromatic nitrogens is 1. The Balaban J connectivity index is 2.27. The SMILES string of the molecule is Cc1nc(CCNC(C)C(C)C(=O)O)cs1. The number of carboxylic acid groups (broad SMARTS) is 1. The highest BCUT2D eigenvalue weighted by atomic mass is 32.1. The second-order valence-electron chi connectivity index (χ2n) is 3.98. The van der Waals surface area contributed by atoms with Crippen LogP contribution in [0.15, 0.2) is 5.38 Å². The minimum atomic E-state index is -0.760. The van der Waals surface area contributed by atoms with Gasteiger partial charge in [0.05, 0.1) is 16.6 Å². The van der Waals surface area contributed by atoms with Gasteiger partial charge in [0.15, 0.2) is 0 Å². The van der Waals surface area contributed by atoms with E-state index in [4.69, 9.17) is 5.11 Å². The smallest absolute Gasteiger partial charge is 0.307 e. The molecule has 0 amide bonds. The summed E-state index contributed by atoms with van der Waals surface area (Å²) in [7, 11) is 0. The zero-order chi connectivity index (χ0) is 12.1. The lowest BCUT2D eigenvalue weighted by Gasteiger charge is -2.17. The lowest BCUT2D eigenvalue weighted by atomic mass is 10.0. The van der Waals surface area contributed by atoms with Crippen LogP contribution in [0.5, 0.6) is 0 Å². The average Bonchev–Trinajstić information content (AvgIpc) is 2.62. The van der Waals surface area contributed by atoms with E-state index in [1.807, 2.05) is 19.2 Å². The molecule has 0 aliphatic carbocycles. The zero-order valence-corrected chi connectivity index (χ0v) is 10.7. The van der Waals surface area contributed by atoms with Crippen LogP contribution in [0.2, 0.25) is 0 Å². The fourth-order valence-corrected chi connectivity index (χ4v) is 1.99. The number of carbonyl (C=O) groups is 1. The van der Waals surface area contributed by atoms with Crippen molar-refractivity contribution in [3.63, 3.8) is 0 Å². The van der Waals surface area contributed by atoms with Crippen molar-refractivity contribution in [3.8, 4) is 0 Å². The molecule has 16 heavy (non-hydrogen) atoms. The van der Waals surface area contributed by atoms with E-state index in [0.29, 0.717) is 0 Å². The summed E-state index contributed by atoms with van der Waals surface area (Å²) in [4.78, 5) is 15.1. The van der Waals surface area contributed by atoms with Gasteiger partial charge in [-0.2, -0.15) is 0 Å². The predicted octanol–water partition coefficient (Wildman–Crippen LogP) is 1.69. The maximum atomic E-state index is 10.7. The van der Waals surface area contributed by atoms with Crippen LogP contribution in [-0.4, -0.2) is 28.6 Å². The van der Waals surface area contributed by atoms with Gasteiger partial charge in [0.2, 0.25) is 0 Å². The molecule has 2 atom stereocenters. The van der Waals surface area contributed by atoms with Gasteiger partial charge in [0, 0.05) is 24.4 Å². The Morgan fingerprint density at radius 3 is 2.81 bits per heavy atom. The minimum absolute atomic E-state index is 0.0165. The van der Waals surface area contributed by atoms with Crippen LogP contribution in [0, 0.1) is 12.8 Å². The molecule has 0 spiro atoms. The number of hydrogen-bond acceptors (Lipinski definition) is 4. The fraction of sp³-hybridized carbons (Fsp3) is 0.636. The van der Waals surface area contributed by atoms with Crippen molar-refractivity contribution in [2.45, 2.75) is 33.2 Å². The molecule has 0 saturated carbocycles. The zero-order valence-electron chi connectivity index (χ0n) is 9.86. The Bertz CT molecular complexity index is 352. The second kappa shape index (κ2) is 5.96. The molecule has 0 aromatic carbocycles. The predicted molar refractivity (Wildman–Crippen MR) is 64.8 cm³/mol. The molecule has 1 aromatic heterocycles. The highest BCUT2D eigenvalue weighted by Gasteiger charge is 2.18. The van der Waals surface area contributed by atoms with E-state index < -0.39 is 5.97 Å². The molecule has 1 aromatic rings. The number of nitrogens with zero attached hydrogens (tertiary/aromatic N) is 1. The van der Waals surface area contributed by atoms with Crippen molar-refractivity contribution in [1.82, 2.24) is 10.3 Å². The van der Waals surface area contributed by atoms with Gasteiger partial charge >= 0.3 is 5.97 Å². The quantitative estimate of drug-likeness (QED) is 0.797. The summed E-state index contributed by atoms with van der Waals surface area (Å²) in [6, 6.07) is -0.0165. The third-order valence-corrected chi connectivity index (χ3v) is 3.48. The monoisotopic (exact) mass is 242 g/mol. The maximum Gasteiger partial charge on any atom is 0.307 e. The lowest BCUT2D eigenvalue weighted by molar-refractivity contribution is -0.141. The first kappa shape index (κ1) is 13.1. The van der Waals surface area contributed by atoms with Crippen LogP contribution < -0.4 is 5.32 Å². The molecule has 0 aliphatic heterocycles. The molecule has 1 rings (SSSR count). The van der Waals surface area contributed by atoms with Gasteiger partial charge in [0.1, 0.15) is 0 Å².